The summed E-state index contributed by atoms with van der Waals surface area (Å²) in [6, 6.07) is 54.7. The average molecular weight is 1500 g/mol. The molecule has 4 aliphatic rings. The van der Waals surface area contributed by atoms with Crippen molar-refractivity contribution >= 4 is 80.5 Å². The molecule has 13 rings (SSSR count). The van der Waals surface area contributed by atoms with Crippen LogP contribution in [0.15, 0.2) is 201 Å². The molecule has 9 aromatic rings. The third-order valence-corrected chi connectivity index (χ3v) is 21.1. The van der Waals surface area contributed by atoms with E-state index in [0.29, 0.717) is 50.6 Å². The zero-order valence-corrected chi connectivity index (χ0v) is 62.7. The Morgan fingerprint density at radius 2 is 1.10 bits per heavy atom. The second kappa shape index (κ2) is 39.2. The van der Waals surface area contributed by atoms with E-state index in [-0.39, 0.29) is 40.4 Å². The van der Waals surface area contributed by atoms with Gasteiger partial charge in [0.2, 0.25) is 0 Å². The first-order chi connectivity index (χ1) is 47.9. The quantitative estimate of drug-likeness (QED) is 0.0559. The molecule has 0 N–H and O–H groups in total. The van der Waals surface area contributed by atoms with Gasteiger partial charge in [-0.15, -0.1) is 6.58 Å². The van der Waals surface area contributed by atoms with E-state index in [1.165, 1.54) is 55.9 Å². The number of aryl methyl sites for hydroxylation is 6. The Kier molecular flexibility index (Phi) is 31.0. The number of rotatable bonds is 15. The predicted octanol–water partition coefficient (Wildman–Crippen LogP) is 21.7. The number of pyridine rings is 2. The number of aromatic nitrogens is 2. The summed E-state index contributed by atoms with van der Waals surface area (Å²) < 4.78 is 23.9. The van der Waals surface area contributed by atoms with Crippen LogP contribution in [0.5, 0.6) is 11.5 Å². The summed E-state index contributed by atoms with van der Waals surface area (Å²) in [7, 11) is 14.7. The van der Waals surface area contributed by atoms with Crippen molar-refractivity contribution in [2.45, 2.75) is 108 Å². The molecular formula is C87H104Cl2N6O6Ru-2. The maximum atomic E-state index is 12.7. The molecule has 1 aliphatic carbocycles. The molecule has 15 heteroatoms. The van der Waals surface area contributed by atoms with Crippen LogP contribution < -0.4 is 19.3 Å². The minimum absolute atomic E-state index is 0. The van der Waals surface area contributed by atoms with Crippen molar-refractivity contribution in [3.05, 3.63) is 277 Å². The van der Waals surface area contributed by atoms with Crippen LogP contribution in [0.3, 0.4) is 0 Å². The summed E-state index contributed by atoms with van der Waals surface area (Å²) in [5.41, 5.74) is 20.6. The standard InChI is InChI=1S/C29H32N2O3.C27H28N2O3.C21H27N2.C7H6.2CH4.CH3.2ClH.Ru/c1-4-23-19-31(29(32)34-20-22-8-6-5-7-9-22)17-15-24(23)11-10-21(2)26-14-16-30-28-13-12-25(33-3)18-27(26)28;1-31-23-9-10-26-25(16-23)24(11-13-28-26)21-8-7-20-12-14-29(17-22(20)15-21)27(30)32-18-19-5-3-2-4-6-19;1-14-9-16(3)20(17(4)10-14)22-7-8-23(13-22)21-18(5)11-15(2)12-19(21)6;1-7-5-3-2-4-6-7;;;;;;/h4-9,12-14,16,18,23-24H,1-2,10-11,15,17,19-20H2,3H3;2-6,9-11,13,15-16,20,22H,7-8,12,14,17-18H2,1H3;9-13H,7-8H2,1-6H3;1-6H;2*1H4;1H3;2*1H;/q;;-1;;;;-1;;;+2/p-2/t23-,24+;20-,22+;;;;;;;;/m01......../s1. The van der Waals surface area contributed by atoms with E-state index in [4.69, 9.17) is 38.3 Å². The molecule has 4 atom stereocenters. The predicted molar refractivity (Wildman–Crippen MR) is 425 cm³/mol. The maximum absolute atomic E-state index is 12.7. The molecule has 2 aromatic heterocycles. The van der Waals surface area contributed by atoms with E-state index < -0.39 is 13.5 Å². The van der Waals surface area contributed by atoms with Crippen LogP contribution in [0.25, 0.3) is 33.0 Å². The van der Waals surface area contributed by atoms with Crippen LogP contribution >= 0.6 is 19.4 Å². The molecule has 3 saturated heterocycles. The number of fused-ring (bicyclic) bond motifs is 3. The molecular weight excluding hydrogens is 1400 g/mol. The van der Waals surface area contributed by atoms with Crippen molar-refractivity contribution in [3.63, 3.8) is 0 Å². The molecule has 0 spiro atoms. The first-order valence-corrected chi connectivity index (χ1v) is 39.6. The van der Waals surface area contributed by atoms with Gasteiger partial charge in [-0.05, 0) is 208 Å². The minimum atomic E-state index is -1.61. The number of allylic oxidation sites excluding steroid dienone is 2. The fourth-order valence-electron chi connectivity index (χ4n) is 14.4. The third-order valence-electron chi connectivity index (χ3n) is 19.2. The van der Waals surface area contributed by atoms with Crippen LogP contribution in [0, 0.1) is 79.3 Å². The van der Waals surface area contributed by atoms with E-state index in [1.807, 2.05) is 160 Å². The summed E-state index contributed by atoms with van der Waals surface area (Å²) in [6.07, 6.45) is 13.6. The van der Waals surface area contributed by atoms with Crippen molar-refractivity contribution in [1.29, 1.82) is 0 Å². The van der Waals surface area contributed by atoms with Crippen LogP contribution in [0.1, 0.15) is 115 Å². The van der Waals surface area contributed by atoms with Crippen molar-refractivity contribution in [1.82, 2.24) is 19.8 Å². The Labute approximate surface area is 621 Å². The van der Waals surface area contributed by atoms with Gasteiger partial charge in [-0.3, -0.25) is 9.97 Å². The fourth-order valence-corrected chi connectivity index (χ4v) is 16.2. The normalized spacial score (nSPS) is 16.7. The number of likely N-dealkylation sites (tertiary alicyclic amines) is 2. The van der Waals surface area contributed by atoms with Crippen molar-refractivity contribution in [3.8, 4) is 11.5 Å². The molecule has 0 saturated carbocycles. The van der Waals surface area contributed by atoms with Crippen LogP contribution in [0.4, 0.5) is 21.0 Å². The molecule has 0 radical (unpaired) electrons. The van der Waals surface area contributed by atoms with Gasteiger partial charge in [0.15, 0.2) is 0 Å². The zero-order valence-electron chi connectivity index (χ0n) is 59.4. The monoisotopic (exact) mass is 1500 g/mol. The number of hydrogen-bond donors (Lipinski definition) is 0. The van der Waals surface area contributed by atoms with Crippen LogP contribution in [-0.2, 0) is 36.2 Å². The number of carbonyl (C=O) groups excluding carboxylic acids is 2. The fraction of sp³-hybridized carbons (Fsp3) is 0.322. The van der Waals surface area contributed by atoms with Gasteiger partial charge in [0.05, 0.1) is 25.3 Å². The summed E-state index contributed by atoms with van der Waals surface area (Å²) >= 11 is -1.61. The second-order valence-corrected chi connectivity index (χ2v) is 31.9. The molecule has 3 fully saturated rings. The van der Waals surface area contributed by atoms with E-state index in [0.717, 1.165) is 119 Å². The molecule has 7 aromatic carbocycles. The van der Waals surface area contributed by atoms with E-state index >= 15 is 0 Å². The van der Waals surface area contributed by atoms with Crippen molar-refractivity contribution in [2.75, 3.05) is 63.3 Å². The van der Waals surface area contributed by atoms with E-state index in [1.54, 1.807) is 14.2 Å². The van der Waals surface area contributed by atoms with Crippen LogP contribution in [-0.4, -0.2) is 90.1 Å². The number of methoxy groups -OCH3 is 2. The zero-order chi connectivity index (χ0) is 70.0. The van der Waals surface area contributed by atoms with Gasteiger partial charge in [0.25, 0.3) is 0 Å². The Morgan fingerprint density at radius 1 is 0.608 bits per heavy atom. The van der Waals surface area contributed by atoms with Crippen molar-refractivity contribution < 1.29 is 42.1 Å². The summed E-state index contributed by atoms with van der Waals surface area (Å²) in [4.78, 5) is 42.8. The number of carbonyl (C=O) groups is 2. The van der Waals surface area contributed by atoms with Gasteiger partial charge >= 0.3 is 85.6 Å². The molecule has 5 heterocycles. The average Bonchev–Trinajstić information content (AvgIpc) is 1.15. The van der Waals surface area contributed by atoms with Gasteiger partial charge in [-0.1, -0.05) is 130 Å². The molecule has 542 valence electrons. The molecule has 0 unspecified atom stereocenters. The van der Waals surface area contributed by atoms with Crippen LogP contribution in [0.2, 0.25) is 0 Å². The molecule has 12 nitrogen and oxygen atoms in total. The molecule has 3 aliphatic heterocycles. The molecule has 102 heavy (non-hydrogen) atoms. The van der Waals surface area contributed by atoms with E-state index in [2.05, 4.69) is 124 Å². The van der Waals surface area contributed by atoms with Gasteiger partial charge < -0.3 is 46.0 Å². The summed E-state index contributed by atoms with van der Waals surface area (Å²) in [5, 5.41) is 2.18. The number of halogens is 2. The van der Waals surface area contributed by atoms with Gasteiger partial charge in [0.1, 0.15) is 24.7 Å². The van der Waals surface area contributed by atoms with Gasteiger partial charge in [-0.2, -0.15) is 6.67 Å². The third kappa shape index (κ3) is 21.5. The summed E-state index contributed by atoms with van der Waals surface area (Å²) in [5.74, 6) is 3.32. The first-order valence-electron chi connectivity index (χ1n) is 34.2. The van der Waals surface area contributed by atoms with Crippen molar-refractivity contribution in [2.24, 2.45) is 23.7 Å². The second-order valence-electron chi connectivity index (χ2n) is 26.2. The number of piperidine rings is 2. The Morgan fingerprint density at radius 3 is 1.62 bits per heavy atom. The number of benzene rings is 7. The molecule has 2 amide bonds. The van der Waals surface area contributed by atoms with E-state index in [9.17, 15) is 9.59 Å². The number of ether oxygens (including phenoxy) is 4. The number of hydrogen-bond acceptors (Lipinski definition) is 10. The Bertz CT molecular complexity index is 4210. The number of anilines is 2. The number of nitrogens with zero attached hydrogens (tertiary/aromatic N) is 6. The Balaban J connectivity index is 0.000000200. The van der Waals surface area contributed by atoms with Gasteiger partial charge in [-0.25, -0.2) is 9.59 Å². The number of amides is 2. The summed E-state index contributed by atoms with van der Waals surface area (Å²) in [6.45, 7) is 29.4. The first kappa shape index (κ1) is 80.7. The Hall–Kier alpha value is -8.61. The topological polar surface area (TPSA) is 110 Å². The van der Waals surface area contributed by atoms with Gasteiger partial charge in [0, 0.05) is 73.8 Å². The SMILES string of the molecule is C.C.C=C[C@H]1CN(C(=O)OCc2ccccc2)CC[C@H]1CCC(=C)c1ccnc2ccc(OC)cc12.COc1ccc2nccc(C3=C[C@H]4CN(C(=O)OCc5ccccc5)CC[C@H]4CC3)c2c1.Cc1cc(C)c(N2[CH-]N(c3c(C)cc(C)cc3C)CC2)c(C)c1.[CH3-].[Cl][Ru]([Cl])=[CH]c1ccccc1. The molecule has 0 bridgehead atoms.